The molecule has 0 radical (unpaired) electrons. The van der Waals surface area contributed by atoms with Crippen molar-refractivity contribution in [2.24, 2.45) is 22.7 Å². The predicted octanol–water partition coefficient (Wildman–Crippen LogP) is 5.69. The van der Waals surface area contributed by atoms with Gasteiger partial charge < -0.3 is 19.7 Å². The van der Waals surface area contributed by atoms with E-state index in [1.54, 1.807) is 7.11 Å². The van der Waals surface area contributed by atoms with Gasteiger partial charge in [-0.05, 0) is 92.2 Å². The lowest BCUT2D eigenvalue weighted by molar-refractivity contribution is -0.196. The van der Waals surface area contributed by atoms with Crippen LogP contribution in [0.1, 0.15) is 90.7 Å². The molecule has 1 aromatic rings. The molecule has 1 saturated heterocycles. The molecule has 3 aliphatic carbocycles. The number of phenolic OH excluding ortho intramolecular Hbond substituents is 1. The van der Waals surface area contributed by atoms with Crippen LogP contribution in [-0.2, 0) is 16.6 Å². The highest BCUT2D eigenvalue weighted by atomic mass is 16.5. The lowest BCUT2D eigenvalue weighted by Gasteiger charge is -2.69. The molecule has 2 saturated carbocycles. The Morgan fingerprint density at radius 2 is 1.92 bits per heavy atom. The topological polar surface area (TPSA) is 62.2 Å². The lowest BCUT2D eigenvalue weighted by atomic mass is 9.40. The van der Waals surface area contributed by atoms with Gasteiger partial charge in [0, 0.05) is 30.7 Å². The third-order valence-corrected chi connectivity index (χ3v) is 11.1. The number of hydrogen-bond acceptors (Lipinski definition) is 5. The van der Waals surface area contributed by atoms with Crippen molar-refractivity contribution < 1.29 is 19.7 Å². The van der Waals surface area contributed by atoms with Gasteiger partial charge in [0.1, 0.15) is 0 Å². The zero-order chi connectivity index (χ0) is 26.1. The van der Waals surface area contributed by atoms with Crippen LogP contribution in [0.15, 0.2) is 12.1 Å². The minimum Gasteiger partial charge on any atom is -0.504 e. The molecule has 1 aliphatic heterocycles. The van der Waals surface area contributed by atoms with Gasteiger partial charge in [0.05, 0.1) is 18.8 Å². The van der Waals surface area contributed by atoms with Crippen molar-refractivity contribution in [3.63, 3.8) is 0 Å². The van der Waals surface area contributed by atoms with Gasteiger partial charge >= 0.3 is 0 Å². The molecule has 4 aliphatic rings. The Labute approximate surface area is 218 Å². The number of nitrogens with zero attached hydrogens (tertiary/aromatic N) is 1. The van der Waals surface area contributed by atoms with Crippen molar-refractivity contribution in [1.82, 2.24) is 4.90 Å². The van der Waals surface area contributed by atoms with E-state index in [0.717, 1.165) is 51.0 Å². The number of likely N-dealkylation sites (tertiary alicyclic amines) is 1. The summed E-state index contributed by atoms with van der Waals surface area (Å²) in [4.78, 5) is 2.81. The number of benzene rings is 1. The van der Waals surface area contributed by atoms with E-state index >= 15 is 0 Å². The molecule has 0 unspecified atom stereocenters. The molecule has 3 fully saturated rings. The smallest absolute Gasteiger partial charge is 0.164 e. The van der Waals surface area contributed by atoms with E-state index in [0.29, 0.717) is 11.8 Å². The summed E-state index contributed by atoms with van der Waals surface area (Å²) < 4.78 is 12.5. The van der Waals surface area contributed by atoms with Crippen molar-refractivity contribution in [3.8, 4) is 11.5 Å². The van der Waals surface area contributed by atoms with E-state index < -0.39 is 0 Å². The Morgan fingerprint density at radius 3 is 2.50 bits per heavy atom. The van der Waals surface area contributed by atoms with Gasteiger partial charge in [0.2, 0.25) is 0 Å². The maximum absolute atomic E-state index is 11.3. The quantitative estimate of drug-likeness (QED) is 0.505. The third kappa shape index (κ3) is 3.82. The maximum atomic E-state index is 11.3. The maximum Gasteiger partial charge on any atom is 0.164 e. The van der Waals surface area contributed by atoms with Crippen molar-refractivity contribution in [2.45, 2.75) is 109 Å². The second-order valence-electron chi connectivity index (χ2n) is 13.9. The average molecular weight is 500 g/mol. The summed E-state index contributed by atoms with van der Waals surface area (Å²) in [6.07, 6.45) is 8.01. The van der Waals surface area contributed by atoms with Crippen LogP contribution >= 0.6 is 0 Å². The second kappa shape index (κ2) is 8.88. The first-order valence-electron chi connectivity index (χ1n) is 14.3. The van der Waals surface area contributed by atoms with E-state index in [4.69, 9.17) is 9.47 Å². The minimum absolute atomic E-state index is 0.00762. The number of aromatic hydroxyl groups is 1. The Morgan fingerprint density at radius 1 is 1.19 bits per heavy atom. The van der Waals surface area contributed by atoms with Crippen LogP contribution in [0.4, 0.5) is 0 Å². The number of aliphatic hydroxyl groups excluding tert-OH is 1. The van der Waals surface area contributed by atoms with Crippen molar-refractivity contribution >= 4 is 0 Å². The fourth-order valence-corrected chi connectivity index (χ4v) is 8.62. The van der Waals surface area contributed by atoms with Crippen LogP contribution in [0.5, 0.6) is 11.5 Å². The highest BCUT2D eigenvalue weighted by molar-refractivity contribution is 5.58. The molecule has 1 aromatic carbocycles. The van der Waals surface area contributed by atoms with Crippen molar-refractivity contribution in [2.75, 3.05) is 27.3 Å². The number of phenols is 1. The van der Waals surface area contributed by atoms with Gasteiger partial charge in [-0.25, -0.2) is 0 Å². The van der Waals surface area contributed by atoms with Gasteiger partial charge in [-0.3, -0.25) is 4.90 Å². The van der Waals surface area contributed by atoms with Crippen LogP contribution in [0.25, 0.3) is 0 Å². The number of aliphatic hydroxyl groups is 1. The van der Waals surface area contributed by atoms with Crippen molar-refractivity contribution in [1.29, 1.82) is 0 Å². The normalized spacial score (nSPS) is 37.2. The standard InChI is InChI=1S/C31H49NO4/c1-8-31(36-7)19-30-13-14-32(18-20-9-10-20)24(15-21-11-12-23(33)27(35-6)26(21)30)29(30,5)17-22(31)16-25(34)28(2,3)4/h11-12,20,22,24-25,33-34H,8-10,13-19H2,1-7H3/t22-,24+,25-,29+,30+,31-/m1/s1. The highest BCUT2D eigenvalue weighted by Gasteiger charge is 2.68. The fraction of sp³-hybridized carbons (Fsp3) is 0.806. The molecule has 5 heteroatoms. The van der Waals surface area contributed by atoms with Gasteiger partial charge in [-0.15, -0.1) is 0 Å². The number of piperidine rings is 1. The molecule has 202 valence electrons. The third-order valence-electron chi connectivity index (χ3n) is 11.1. The van der Waals surface area contributed by atoms with Crippen LogP contribution < -0.4 is 4.74 Å². The summed E-state index contributed by atoms with van der Waals surface area (Å²) >= 11 is 0. The Kier molecular flexibility index (Phi) is 6.49. The molecule has 1 heterocycles. The molecular formula is C31H49NO4. The molecule has 0 spiro atoms. The molecule has 5 rings (SSSR count). The summed E-state index contributed by atoms with van der Waals surface area (Å²) in [5.41, 5.74) is 1.96. The van der Waals surface area contributed by atoms with Gasteiger partial charge in [0.25, 0.3) is 0 Å². The molecule has 5 nitrogen and oxygen atoms in total. The van der Waals surface area contributed by atoms with E-state index in [1.165, 1.54) is 30.5 Å². The molecule has 0 aromatic heterocycles. The fourth-order valence-electron chi connectivity index (χ4n) is 8.62. The minimum atomic E-state index is -0.377. The SMILES string of the molecule is CC[C@@]1(OC)C[C@@]23CCN(CC4CC4)[C@@H](Cc4ccc(O)c(OC)c42)[C@]3(C)C[C@H]1C[C@@H](O)C(C)(C)C. The van der Waals surface area contributed by atoms with Gasteiger partial charge in [0.15, 0.2) is 11.5 Å². The largest absolute Gasteiger partial charge is 0.504 e. The number of rotatable bonds is 7. The number of ether oxygens (including phenoxy) is 2. The Bertz CT molecular complexity index is 978. The first-order valence-corrected chi connectivity index (χ1v) is 14.3. The second-order valence-corrected chi connectivity index (χ2v) is 13.9. The molecule has 6 atom stereocenters. The Balaban J connectivity index is 1.67. The first kappa shape index (κ1) is 26.3. The lowest BCUT2D eigenvalue weighted by Crippen LogP contribution is -2.71. The summed E-state index contributed by atoms with van der Waals surface area (Å²) in [6, 6.07) is 4.43. The molecule has 2 N–H and O–H groups in total. The van der Waals surface area contributed by atoms with Gasteiger partial charge in [-0.2, -0.15) is 0 Å². The molecule has 2 bridgehead atoms. The number of hydrogen-bond donors (Lipinski definition) is 2. The average Bonchev–Trinajstić information content (AvgIpc) is 3.64. The van der Waals surface area contributed by atoms with E-state index in [9.17, 15) is 10.2 Å². The zero-order valence-electron chi connectivity index (χ0n) is 23.7. The summed E-state index contributed by atoms with van der Waals surface area (Å²) in [7, 11) is 3.58. The molecule has 0 amide bonds. The van der Waals surface area contributed by atoms with Crippen LogP contribution in [-0.4, -0.2) is 60.2 Å². The monoisotopic (exact) mass is 499 g/mol. The molecule has 36 heavy (non-hydrogen) atoms. The number of fused-ring (bicyclic) bond motifs is 1. The predicted molar refractivity (Wildman–Crippen MR) is 144 cm³/mol. The van der Waals surface area contributed by atoms with E-state index in [-0.39, 0.29) is 39.6 Å². The van der Waals surface area contributed by atoms with Gasteiger partial charge in [-0.1, -0.05) is 40.7 Å². The van der Waals surface area contributed by atoms with E-state index in [1.807, 2.05) is 13.2 Å². The number of methoxy groups -OCH3 is 2. The van der Waals surface area contributed by atoms with Crippen LogP contribution in [0.3, 0.4) is 0 Å². The molecular weight excluding hydrogens is 450 g/mol. The zero-order valence-corrected chi connectivity index (χ0v) is 23.7. The first-order chi connectivity index (χ1) is 16.9. The summed E-state index contributed by atoms with van der Waals surface area (Å²) in [5, 5.41) is 22.2. The summed E-state index contributed by atoms with van der Waals surface area (Å²) in [6.45, 7) is 13.5. The van der Waals surface area contributed by atoms with Crippen LogP contribution in [0, 0.1) is 22.7 Å². The summed E-state index contributed by atoms with van der Waals surface area (Å²) in [5.74, 6) is 2.04. The highest BCUT2D eigenvalue weighted by Crippen LogP contribution is 2.69. The van der Waals surface area contributed by atoms with E-state index in [2.05, 4.69) is 45.6 Å². The Hall–Kier alpha value is -1.30. The van der Waals surface area contributed by atoms with Crippen LogP contribution in [0.2, 0.25) is 0 Å². The van der Waals surface area contributed by atoms with Crippen molar-refractivity contribution in [3.05, 3.63) is 23.3 Å².